The Hall–Kier alpha value is -0.430. The quantitative estimate of drug-likeness (QED) is 0.843. The number of aliphatic hydroxyl groups is 1. The zero-order valence-electron chi connectivity index (χ0n) is 9.65. The topological polar surface area (TPSA) is 66.4 Å². The summed E-state index contributed by atoms with van der Waals surface area (Å²) in [6, 6.07) is 3.40. The molecule has 2 N–H and O–H groups in total. The summed E-state index contributed by atoms with van der Waals surface area (Å²) in [5, 5.41) is 9.46. The largest absolute Gasteiger partial charge is 0.389 e. The third kappa shape index (κ3) is 3.86. The lowest BCUT2D eigenvalue weighted by Gasteiger charge is -2.17. The van der Waals surface area contributed by atoms with Gasteiger partial charge in [0.2, 0.25) is 10.0 Å². The molecule has 0 aliphatic rings. The first-order valence-corrected chi connectivity index (χ1v) is 7.35. The van der Waals surface area contributed by atoms with Gasteiger partial charge in [-0.1, -0.05) is 6.92 Å². The molecule has 0 spiro atoms. The number of hydrogen-bond acceptors (Lipinski definition) is 4. The van der Waals surface area contributed by atoms with Crippen LogP contribution in [0.4, 0.5) is 0 Å². The highest BCUT2D eigenvalue weighted by Gasteiger charge is 2.20. The van der Waals surface area contributed by atoms with Crippen LogP contribution in [0.1, 0.15) is 25.6 Å². The highest BCUT2D eigenvalue weighted by atomic mass is 32.2. The minimum Gasteiger partial charge on any atom is -0.389 e. The summed E-state index contributed by atoms with van der Waals surface area (Å²) >= 11 is 1.26. The first kappa shape index (κ1) is 13.6. The monoisotopic (exact) mass is 263 g/mol. The van der Waals surface area contributed by atoms with Crippen LogP contribution in [-0.4, -0.2) is 25.7 Å². The molecule has 0 bridgehead atoms. The maximum Gasteiger partial charge on any atom is 0.250 e. The molecule has 0 atom stereocenters. The lowest BCUT2D eigenvalue weighted by Crippen LogP contribution is -2.37. The second-order valence-electron chi connectivity index (χ2n) is 4.21. The van der Waals surface area contributed by atoms with Gasteiger partial charge in [0, 0.05) is 11.4 Å². The zero-order valence-corrected chi connectivity index (χ0v) is 11.3. The molecule has 1 rings (SSSR count). The smallest absolute Gasteiger partial charge is 0.250 e. The second-order valence-corrected chi connectivity index (χ2v) is 7.37. The highest BCUT2D eigenvalue weighted by molar-refractivity contribution is 7.91. The van der Waals surface area contributed by atoms with Crippen LogP contribution in [0.2, 0.25) is 0 Å². The van der Waals surface area contributed by atoms with E-state index in [2.05, 4.69) is 4.72 Å². The van der Waals surface area contributed by atoms with E-state index < -0.39 is 15.6 Å². The Morgan fingerprint density at radius 2 is 2.06 bits per heavy atom. The zero-order chi connectivity index (χ0) is 12.4. The van der Waals surface area contributed by atoms with Gasteiger partial charge in [-0.05, 0) is 32.4 Å². The van der Waals surface area contributed by atoms with Crippen molar-refractivity contribution in [2.24, 2.45) is 0 Å². The van der Waals surface area contributed by atoms with E-state index in [4.69, 9.17) is 0 Å². The van der Waals surface area contributed by atoms with Gasteiger partial charge in [0.05, 0.1) is 5.60 Å². The van der Waals surface area contributed by atoms with Crippen LogP contribution in [0.5, 0.6) is 0 Å². The van der Waals surface area contributed by atoms with E-state index in [-0.39, 0.29) is 6.54 Å². The van der Waals surface area contributed by atoms with Crippen molar-refractivity contribution in [3.05, 3.63) is 17.0 Å². The normalized spacial score (nSPS) is 13.0. The molecule has 92 valence electrons. The fourth-order valence-corrected chi connectivity index (χ4v) is 3.58. The minimum absolute atomic E-state index is 0.00862. The number of thiophene rings is 1. The maximum absolute atomic E-state index is 11.8. The Balaban J connectivity index is 2.78. The van der Waals surface area contributed by atoms with Crippen molar-refractivity contribution in [1.82, 2.24) is 4.72 Å². The van der Waals surface area contributed by atoms with Crippen molar-refractivity contribution in [2.75, 3.05) is 6.54 Å². The van der Waals surface area contributed by atoms with Crippen LogP contribution in [0, 0.1) is 0 Å². The molecule has 4 nitrogen and oxygen atoms in total. The molecule has 0 fully saturated rings. The summed E-state index contributed by atoms with van der Waals surface area (Å²) in [4.78, 5) is 1.03. The van der Waals surface area contributed by atoms with Crippen molar-refractivity contribution in [3.63, 3.8) is 0 Å². The molecule has 0 unspecified atom stereocenters. The van der Waals surface area contributed by atoms with Crippen molar-refractivity contribution in [2.45, 2.75) is 37.0 Å². The van der Waals surface area contributed by atoms with Gasteiger partial charge in [0.25, 0.3) is 0 Å². The summed E-state index contributed by atoms with van der Waals surface area (Å²) < 4.78 is 26.3. The fraction of sp³-hybridized carbons (Fsp3) is 0.600. The van der Waals surface area contributed by atoms with E-state index in [0.717, 1.165) is 11.3 Å². The molecular formula is C10H17NO3S2. The molecule has 0 saturated carbocycles. The third-order valence-electron chi connectivity index (χ3n) is 1.95. The lowest BCUT2D eigenvalue weighted by atomic mass is 10.1. The number of aryl methyl sites for hydroxylation is 1. The van der Waals surface area contributed by atoms with Crippen LogP contribution in [0.15, 0.2) is 16.3 Å². The molecule has 0 saturated heterocycles. The molecule has 0 aromatic carbocycles. The van der Waals surface area contributed by atoms with Crippen LogP contribution in [0.3, 0.4) is 0 Å². The summed E-state index contributed by atoms with van der Waals surface area (Å²) in [5.74, 6) is 0. The Morgan fingerprint density at radius 3 is 2.50 bits per heavy atom. The summed E-state index contributed by atoms with van der Waals surface area (Å²) in [5.41, 5.74) is -1.04. The predicted octanol–water partition coefficient (Wildman–Crippen LogP) is 1.36. The molecule has 0 radical (unpaired) electrons. The molecule has 16 heavy (non-hydrogen) atoms. The standard InChI is InChI=1S/C10H17NO3S2/c1-4-8-5-6-9(15-8)16(13,14)11-7-10(2,3)12/h5-6,11-12H,4,7H2,1-3H3. The minimum atomic E-state index is -3.47. The number of sulfonamides is 1. The molecule has 1 aromatic heterocycles. The molecular weight excluding hydrogens is 246 g/mol. The van der Waals surface area contributed by atoms with Crippen LogP contribution in [-0.2, 0) is 16.4 Å². The molecule has 1 aromatic rings. The van der Waals surface area contributed by atoms with Gasteiger partial charge in [0.1, 0.15) is 4.21 Å². The van der Waals surface area contributed by atoms with E-state index in [1.54, 1.807) is 19.9 Å². The molecule has 0 aliphatic carbocycles. The number of nitrogens with one attached hydrogen (secondary N) is 1. The molecule has 0 aliphatic heterocycles. The summed E-state index contributed by atoms with van der Waals surface area (Å²) in [7, 11) is -3.47. The predicted molar refractivity (Wildman–Crippen MR) is 65.2 cm³/mol. The van der Waals surface area contributed by atoms with E-state index in [1.165, 1.54) is 11.3 Å². The van der Waals surface area contributed by atoms with Gasteiger partial charge in [-0.15, -0.1) is 11.3 Å². The van der Waals surface area contributed by atoms with Crippen LogP contribution in [0.25, 0.3) is 0 Å². The average molecular weight is 263 g/mol. The second kappa shape index (κ2) is 4.83. The van der Waals surface area contributed by atoms with Gasteiger partial charge >= 0.3 is 0 Å². The molecule has 0 amide bonds. The molecule has 6 heteroatoms. The van der Waals surface area contributed by atoms with Crippen molar-refractivity contribution in [3.8, 4) is 0 Å². The van der Waals surface area contributed by atoms with Crippen molar-refractivity contribution >= 4 is 21.4 Å². The van der Waals surface area contributed by atoms with E-state index in [1.807, 2.05) is 13.0 Å². The number of rotatable bonds is 5. The fourth-order valence-electron chi connectivity index (χ4n) is 1.04. The van der Waals surface area contributed by atoms with Gasteiger partial charge in [-0.2, -0.15) is 0 Å². The van der Waals surface area contributed by atoms with E-state index in [0.29, 0.717) is 4.21 Å². The van der Waals surface area contributed by atoms with Crippen LogP contribution < -0.4 is 4.72 Å². The lowest BCUT2D eigenvalue weighted by molar-refractivity contribution is 0.0857. The Labute approximate surface area is 100 Å². The Morgan fingerprint density at radius 1 is 1.44 bits per heavy atom. The first-order chi connectivity index (χ1) is 7.24. The highest BCUT2D eigenvalue weighted by Crippen LogP contribution is 2.21. The van der Waals surface area contributed by atoms with Gasteiger partial charge in [-0.3, -0.25) is 0 Å². The Kier molecular flexibility index (Phi) is 4.12. The SMILES string of the molecule is CCc1ccc(S(=O)(=O)NCC(C)(C)O)s1. The summed E-state index contributed by atoms with van der Waals surface area (Å²) in [6.45, 7) is 5.10. The maximum atomic E-state index is 11.8. The van der Waals surface area contributed by atoms with E-state index >= 15 is 0 Å². The van der Waals surface area contributed by atoms with Crippen LogP contribution >= 0.6 is 11.3 Å². The van der Waals surface area contributed by atoms with Gasteiger partial charge in [0.15, 0.2) is 0 Å². The molecule has 1 heterocycles. The number of hydrogen-bond donors (Lipinski definition) is 2. The first-order valence-electron chi connectivity index (χ1n) is 5.05. The van der Waals surface area contributed by atoms with E-state index in [9.17, 15) is 13.5 Å². The Bertz CT molecular complexity index is 443. The van der Waals surface area contributed by atoms with Gasteiger partial charge in [-0.25, -0.2) is 13.1 Å². The summed E-state index contributed by atoms with van der Waals surface area (Å²) in [6.07, 6.45) is 0.825. The van der Waals surface area contributed by atoms with Crippen molar-refractivity contribution in [1.29, 1.82) is 0 Å². The van der Waals surface area contributed by atoms with Gasteiger partial charge < -0.3 is 5.11 Å². The average Bonchev–Trinajstić information content (AvgIpc) is 2.62. The third-order valence-corrected chi connectivity index (χ3v) is 5.07. The van der Waals surface area contributed by atoms with Crippen molar-refractivity contribution < 1.29 is 13.5 Å².